The highest BCUT2D eigenvalue weighted by Crippen LogP contribution is 2.54. The van der Waals surface area contributed by atoms with Gasteiger partial charge in [-0.3, -0.25) is 0 Å². The molecule has 14 heavy (non-hydrogen) atoms. The molecule has 2 aliphatic rings. The molecule has 1 aromatic rings. The lowest BCUT2D eigenvalue weighted by Gasteiger charge is -2.09. The standard InChI is InChI=1S/C12H16NP/c1-14(2)9-3-4-10-11(7-9)13-8-12(10)5-6-12/h3-4,7,13H,5-6,8H2,1-2H3. The molecular weight excluding hydrogens is 189 g/mol. The molecule has 2 heteroatoms. The first kappa shape index (κ1) is 8.73. The molecule has 0 unspecified atom stereocenters. The van der Waals surface area contributed by atoms with Gasteiger partial charge in [0.15, 0.2) is 0 Å². The van der Waals surface area contributed by atoms with Crippen molar-refractivity contribution >= 4 is 18.9 Å². The fourth-order valence-electron chi connectivity index (χ4n) is 2.38. The van der Waals surface area contributed by atoms with Crippen LogP contribution < -0.4 is 10.6 Å². The van der Waals surface area contributed by atoms with Crippen molar-refractivity contribution in [3.05, 3.63) is 23.8 Å². The van der Waals surface area contributed by atoms with Gasteiger partial charge in [-0.05, 0) is 43.1 Å². The molecule has 1 aliphatic heterocycles. The molecular formula is C12H16NP. The Balaban J connectivity index is 2.05. The molecule has 1 spiro atoms. The van der Waals surface area contributed by atoms with Crippen molar-refractivity contribution in [3.8, 4) is 0 Å². The molecule has 0 atom stereocenters. The monoisotopic (exact) mass is 205 g/mol. The van der Waals surface area contributed by atoms with Crippen LogP contribution in [0.1, 0.15) is 18.4 Å². The van der Waals surface area contributed by atoms with Crippen LogP contribution in [0.2, 0.25) is 0 Å². The van der Waals surface area contributed by atoms with Crippen LogP contribution in [0, 0.1) is 0 Å². The molecule has 3 rings (SSSR count). The lowest BCUT2D eigenvalue weighted by atomic mass is 9.99. The predicted molar refractivity (Wildman–Crippen MR) is 64.2 cm³/mol. The zero-order valence-electron chi connectivity index (χ0n) is 8.80. The number of rotatable bonds is 1. The Labute approximate surface area is 86.7 Å². The third-order valence-electron chi connectivity index (χ3n) is 3.56. The first-order chi connectivity index (χ1) is 6.71. The Bertz CT molecular complexity index is 380. The molecule has 0 bridgehead atoms. The lowest BCUT2D eigenvalue weighted by molar-refractivity contribution is 0.778. The third kappa shape index (κ3) is 1.12. The summed E-state index contributed by atoms with van der Waals surface area (Å²) in [6, 6.07) is 7.06. The van der Waals surface area contributed by atoms with Gasteiger partial charge >= 0.3 is 0 Å². The number of nitrogens with one attached hydrogen (secondary N) is 1. The van der Waals surface area contributed by atoms with Crippen LogP contribution in [0.3, 0.4) is 0 Å². The van der Waals surface area contributed by atoms with Gasteiger partial charge in [0.05, 0.1) is 0 Å². The van der Waals surface area contributed by atoms with Gasteiger partial charge in [-0.15, -0.1) is 0 Å². The van der Waals surface area contributed by atoms with Crippen molar-refractivity contribution < 1.29 is 0 Å². The van der Waals surface area contributed by atoms with Crippen LogP contribution in [-0.2, 0) is 5.41 Å². The smallest absolute Gasteiger partial charge is 0.0385 e. The summed E-state index contributed by atoms with van der Waals surface area (Å²) in [7, 11) is 0.0475. The summed E-state index contributed by atoms with van der Waals surface area (Å²) in [6.45, 7) is 5.81. The van der Waals surface area contributed by atoms with Crippen LogP contribution in [0.4, 0.5) is 5.69 Å². The zero-order valence-corrected chi connectivity index (χ0v) is 9.70. The van der Waals surface area contributed by atoms with Crippen LogP contribution >= 0.6 is 7.92 Å². The van der Waals surface area contributed by atoms with Crippen molar-refractivity contribution in [1.29, 1.82) is 0 Å². The minimum Gasteiger partial charge on any atom is -0.384 e. The van der Waals surface area contributed by atoms with Gasteiger partial charge in [-0.1, -0.05) is 20.1 Å². The zero-order chi connectivity index (χ0) is 9.76. The average Bonchev–Trinajstić information content (AvgIpc) is 2.85. The highest BCUT2D eigenvalue weighted by molar-refractivity contribution is 7.64. The van der Waals surface area contributed by atoms with Gasteiger partial charge in [0, 0.05) is 17.6 Å². The minimum absolute atomic E-state index is 0.0475. The fraction of sp³-hybridized carbons (Fsp3) is 0.500. The largest absolute Gasteiger partial charge is 0.384 e. The molecule has 1 saturated carbocycles. The molecule has 74 valence electrons. The summed E-state index contributed by atoms with van der Waals surface area (Å²) in [4.78, 5) is 0. The van der Waals surface area contributed by atoms with E-state index in [-0.39, 0.29) is 7.92 Å². The van der Waals surface area contributed by atoms with E-state index < -0.39 is 0 Å². The van der Waals surface area contributed by atoms with Gasteiger partial charge in [-0.25, -0.2) is 0 Å². The average molecular weight is 205 g/mol. The normalized spacial score (nSPS) is 21.1. The summed E-state index contributed by atoms with van der Waals surface area (Å²) < 4.78 is 0. The maximum atomic E-state index is 3.56. The Morgan fingerprint density at radius 2 is 2.07 bits per heavy atom. The SMILES string of the molecule is CP(C)c1ccc2c(c1)NCC21CC1. The highest BCUT2D eigenvalue weighted by atomic mass is 31.1. The molecule has 1 aromatic carbocycles. The van der Waals surface area contributed by atoms with Crippen molar-refractivity contribution in [1.82, 2.24) is 0 Å². The van der Waals surface area contributed by atoms with Crippen LogP contribution in [-0.4, -0.2) is 19.9 Å². The Kier molecular flexibility index (Phi) is 1.70. The van der Waals surface area contributed by atoms with Crippen molar-refractivity contribution in [2.75, 3.05) is 25.2 Å². The maximum absolute atomic E-state index is 3.56. The number of benzene rings is 1. The van der Waals surface area contributed by atoms with Crippen LogP contribution in [0.25, 0.3) is 0 Å². The van der Waals surface area contributed by atoms with Crippen molar-refractivity contribution in [2.45, 2.75) is 18.3 Å². The summed E-state index contributed by atoms with van der Waals surface area (Å²) in [5.74, 6) is 0. The molecule has 0 aromatic heterocycles. The van der Waals surface area contributed by atoms with E-state index in [4.69, 9.17) is 0 Å². The summed E-state index contributed by atoms with van der Waals surface area (Å²) in [5.41, 5.74) is 3.55. The summed E-state index contributed by atoms with van der Waals surface area (Å²) in [5, 5.41) is 5.08. The predicted octanol–water partition coefficient (Wildman–Crippen LogP) is 2.51. The molecule has 0 saturated heterocycles. The molecule has 1 N–H and O–H groups in total. The van der Waals surface area contributed by atoms with Crippen LogP contribution in [0.15, 0.2) is 18.2 Å². The molecule has 0 amide bonds. The highest BCUT2D eigenvalue weighted by Gasteiger charge is 2.48. The second kappa shape index (κ2) is 2.73. The van der Waals surface area contributed by atoms with E-state index in [0.29, 0.717) is 5.41 Å². The van der Waals surface area contributed by atoms with E-state index in [2.05, 4.69) is 36.8 Å². The van der Waals surface area contributed by atoms with E-state index in [9.17, 15) is 0 Å². The van der Waals surface area contributed by atoms with Gasteiger partial charge in [-0.2, -0.15) is 0 Å². The quantitative estimate of drug-likeness (QED) is 0.695. The Hall–Kier alpha value is -0.550. The second-order valence-corrected chi connectivity index (χ2v) is 7.06. The molecule has 1 nitrogen and oxygen atoms in total. The van der Waals surface area contributed by atoms with E-state index in [1.54, 1.807) is 5.56 Å². The molecule has 1 aliphatic carbocycles. The minimum atomic E-state index is 0.0475. The topological polar surface area (TPSA) is 12.0 Å². The van der Waals surface area contributed by atoms with E-state index in [1.807, 2.05) is 0 Å². The Morgan fingerprint density at radius 3 is 2.71 bits per heavy atom. The van der Waals surface area contributed by atoms with Crippen molar-refractivity contribution in [3.63, 3.8) is 0 Å². The number of hydrogen-bond donors (Lipinski definition) is 1. The third-order valence-corrected chi connectivity index (χ3v) is 4.87. The second-order valence-electron chi connectivity index (χ2n) is 4.76. The number of hydrogen-bond acceptors (Lipinski definition) is 1. The fourth-order valence-corrected chi connectivity index (χ4v) is 3.14. The molecule has 1 fully saturated rings. The van der Waals surface area contributed by atoms with Gasteiger partial charge in [0.25, 0.3) is 0 Å². The summed E-state index contributed by atoms with van der Waals surface area (Å²) >= 11 is 0. The van der Waals surface area contributed by atoms with Gasteiger partial charge in [0.2, 0.25) is 0 Å². The summed E-state index contributed by atoms with van der Waals surface area (Å²) in [6.07, 6.45) is 2.78. The Morgan fingerprint density at radius 1 is 1.29 bits per heavy atom. The first-order valence-corrected chi connectivity index (χ1v) is 7.51. The maximum Gasteiger partial charge on any atom is 0.0385 e. The number of fused-ring (bicyclic) bond motifs is 2. The lowest BCUT2D eigenvalue weighted by Crippen LogP contribution is -2.08. The van der Waals surface area contributed by atoms with E-state index in [1.165, 1.54) is 30.4 Å². The van der Waals surface area contributed by atoms with E-state index >= 15 is 0 Å². The molecule has 0 radical (unpaired) electrons. The van der Waals surface area contributed by atoms with E-state index in [0.717, 1.165) is 0 Å². The van der Waals surface area contributed by atoms with Crippen LogP contribution in [0.5, 0.6) is 0 Å². The van der Waals surface area contributed by atoms with Gasteiger partial charge < -0.3 is 5.32 Å². The van der Waals surface area contributed by atoms with Crippen molar-refractivity contribution in [2.24, 2.45) is 0 Å². The number of anilines is 1. The molecule has 1 heterocycles. The van der Waals surface area contributed by atoms with Gasteiger partial charge in [0.1, 0.15) is 0 Å². The first-order valence-electron chi connectivity index (χ1n) is 5.27.